The van der Waals surface area contributed by atoms with E-state index >= 15 is 0 Å². The first-order valence-electron chi connectivity index (χ1n) is 7.85. The summed E-state index contributed by atoms with van der Waals surface area (Å²) in [6.07, 6.45) is 6.72. The van der Waals surface area contributed by atoms with Crippen LogP contribution in [0.5, 0.6) is 5.75 Å². The highest BCUT2D eigenvalue weighted by atomic mass is 16.5. The van der Waals surface area contributed by atoms with E-state index in [0.717, 1.165) is 49.5 Å². The summed E-state index contributed by atoms with van der Waals surface area (Å²) in [5.74, 6) is 2.07. The van der Waals surface area contributed by atoms with E-state index in [9.17, 15) is 0 Å². The molecule has 114 valence electrons. The van der Waals surface area contributed by atoms with Gasteiger partial charge in [0.15, 0.2) is 0 Å². The van der Waals surface area contributed by atoms with Crippen molar-refractivity contribution in [2.24, 2.45) is 0 Å². The quantitative estimate of drug-likeness (QED) is 0.621. The second kappa shape index (κ2) is 7.07. The Morgan fingerprint density at radius 3 is 2.77 bits per heavy atom. The smallest absolute Gasteiger partial charge is 0.119 e. The monoisotopic (exact) mass is 295 g/mol. The van der Waals surface area contributed by atoms with E-state index in [1.165, 1.54) is 5.52 Å². The molecule has 0 spiro atoms. The van der Waals surface area contributed by atoms with Crippen molar-refractivity contribution in [1.82, 2.24) is 14.5 Å². The Kier molecular flexibility index (Phi) is 4.68. The molecule has 4 nitrogen and oxygen atoms in total. The van der Waals surface area contributed by atoms with Crippen LogP contribution in [0.1, 0.15) is 25.6 Å². The van der Waals surface area contributed by atoms with E-state index < -0.39 is 0 Å². The molecule has 0 aliphatic carbocycles. The number of ether oxygens (including phenoxy) is 1. The standard InChI is InChI=1S/C18H21N3O/c1-2-18-20-16-14-19-11-10-17(16)21(18)12-6-7-13-22-15-8-4-3-5-9-15/h3-5,8-11,14H,2,6-7,12-13H2,1H3. The summed E-state index contributed by atoms with van der Waals surface area (Å²) in [5, 5.41) is 0. The minimum atomic E-state index is 0.750. The van der Waals surface area contributed by atoms with E-state index in [1.807, 2.05) is 48.8 Å². The number of benzene rings is 1. The van der Waals surface area contributed by atoms with Gasteiger partial charge in [-0.05, 0) is 31.0 Å². The molecular formula is C18H21N3O. The van der Waals surface area contributed by atoms with E-state index in [-0.39, 0.29) is 0 Å². The van der Waals surface area contributed by atoms with Gasteiger partial charge in [0.05, 0.1) is 18.3 Å². The molecule has 0 unspecified atom stereocenters. The molecule has 2 aromatic heterocycles. The maximum Gasteiger partial charge on any atom is 0.119 e. The van der Waals surface area contributed by atoms with Crippen molar-refractivity contribution in [3.63, 3.8) is 0 Å². The first-order chi connectivity index (χ1) is 10.9. The average Bonchev–Trinajstić information content (AvgIpc) is 2.93. The van der Waals surface area contributed by atoms with Crippen LogP contribution in [0.15, 0.2) is 48.8 Å². The van der Waals surface area contributed by atoms with Gasteiger partial charge in [-0.15, -0.1) is 0 Å². The van der Waals surface area contributed by atoms with Crippen LogP contribution in [0.4, 0.5) is 0 Å². The highest BCUT2D eigenvalue weighted by molar-refractivity contribution is 5.74. The van der Waals surface area contributed by atoms with Gasteiger partial charge >= 0.3 is 0 Å². The van der Waals surface area contributed by atoms with Crippen molar-refractivity contribution in [3.05, 3.63) is 54.6 Å². The molecule has 22 heavy (non-hydrogen) atoms. The van der Waals surface area contributed by atoms with Crippen LogP contribution in [0.2, 0.25) is 0 Å². The normalized spacial score (nSPS) is 11.0. The van der Waals surface area contributed by atoms with Crippen molar-refractivity contribution < 1.29 is 4.74 Å². The summed E-state index contributed by atoms with van der Waals surface area (Å²) < 4.78 is 8.04. The van der Waals surface area contributed by atoms with Crippen LogP contribution in [0.3, 0.4) is 0 Å². The molecule has 0 saturated carbocycles. The van der Waals surface area contributed by atoms with Crippen LogP contribution in [-0.2, 0) is 13.0 Å². The maximum atomic E-state index is 5.73. The average molecular weight is 295 g/mol. The highest BCUT2D eigenvalue weighted by Crippen LogP contribution is 2.16. The molecule has 0 bridgehead atoms. The summed E-state index contributed by atoms with van der Waals surface area (Å²) in [5.41, 5.74) is 2.16. The first kappa shape index (κ1) is 14.6. The molecule has 2 heterocycles. The second-order valence-electron chi connectivity index (χ2n) is 5.27. The Bertz CT molecular complexity index is 722. The topological polar surface area (TPSA) is 39.9 Å². The number of pyridine rings is 1. The van der Waals surface area contributed by atoms with Gasteiger partial charge < -0.3 is 9.30 Å². The van der Waals surface area contributed by atoms with Crippen LogP contribution in [-0.4, -0.2) is 21.1 Å². The summed E-state index contributed by atoms with van der Waals surface area (Å²) >= 11 is 0. The summed E-state index contributed by atoms with van der Waals surface area (Å²) in [7, 11) is 0. The zero-order chi connectivity index (χ0) is 15.2. The molecule has 3 rings (SSSR count). The third-order valence-corrected chi connectivity index (χ3v) is 3.73. The largest absolute Gasteiger partial charge is 0.494 e. The number of hydrogen-bond donors (Lipinski definition) is 0. The van der Waals surface area contributed by atoms with E-state index in [1.54, 1.807) is 0 Å². The zero-order valence-corrected chi connectivity index (χ0v) is 12.9. The van der Waals surface area contributed by atoms with Crippen molar-refractivity contribution in [3.8, 4) is 5.75 Å². The fraction of sp³-hybridized carbons (Fsp3) is 0.333. The summed E-state index contributed by atoms with van der Waals surface area (Å²) in [6.45, 7) is 3.87. The fourth-order valence-corrected chi connectivity index (χ4v) is 2.63. The van der Waals surface area contributed by atoms with Crippen molar-refractivity contribution >= 4 is 11.0 Å². The minimum Gasteiger partial charge on any atom is -0.494 e. The van der Waals surface area contributed by atoms with Gasteiger partial charge in [0.25, 0.3) is 0 Å². The van der Waals surface area contributed by atoms with Crippen LogP contribution >= 0.6 is 0 Å². The van der Waals surface area contributed by atoms with Crippen molar-refractivity contribution in [2.75, 3.05) is 6.61 Å². The number of nitrogens with zero attached hydrogens (tertiary/aromatic N) is 3. The number of fused-ring (bicyclic) bond motifs is 1. The fourth-order valence-electron chi connectivity index (χ4n) is 2.63. The Hall–Kier alpha value is -2.36. The molecule has 3 aromatic rings. The third kappa shape index (κ3) is 3.27. The number of unbranched alkanes of at least 4 members (excludes halogenated alkanes) is 1. The number of imidazole rings is 1. The minimum absolute atomic E-state index is 0.750. The van der Waals surface area contributed by atoms with Crippen LogP contribution in [0, 0.1) is 0 Å². The zero-order valence-electron chi connectivity index (χ0n) is 12.9. The number of aromatic nitrogens is 3. The van der Waals surface area contributed by atoms with Gasteiger partial charge in [-0.2, -0.15) is 0 Å². The lowest BCUT2D eigenvalue weighted by Gasteiger charge is -2.09. The molecule has 0 atom stereocenters. The molecular weight excluding hydrogens is 274 g/mol. The van der Waals surface area contributed by atoms with E-state index in [0.29, 0.717) is 0 Å². The van der Waals surface area contributed by atoms with E-state index in [2.05, 4.69) is 21.5 Å². The lowest BCUT2D eigenvalue weighted by atomic mass is 10.3. The predicted octanol–water partition coefficient (Wildman–Crippen LogP) is 3.85. The SMILES string of the molecule is CCc1nc2cnccc2n1CCCCOc1ccccc1. The van der Waals surface area contributed by atoms with Gasteiger partial charge in [-0.25, -0.2) is 4.98 Å². The summed E-state index contributed by atoms with van der Waals surface area (Å²) in [6, 6.07) is 12.0. The molecule has 0 fully saturated rings. The molecule has 0 aliphatic rings. The lowest BCUT2D eigenvalue weighted by Crippen LogP contribution is -2.05. The van der Waals surface area contributed by atoms with Gasteiger partial charge in [0.1, 0.15) is 17.1 Å². The maximum absolute atomic E-state index is 5.73. The van der Waals surface area contributed by atoms with Gasteiger partial charge in [-0.3, -0.25) is 4.98 Å². The van der Waals surface area contributed by atoms with Gasteiger partial charge in [-0.1, -0.05) is 25.1 Å². The lowest BCUT2D eigenvalue weighted by molar-refractivity contribution is 0.303. The van der Waals surface area contributed by atoms with Crippen molar-refractivity contribution in [2.45, 2.75) is 32.7 Å². The second-order valence-corrected chi connectivity index (χ2v) is 5.27. The number of para-hydroxylation sites is 1. The molecule has 0 N–H and O–H groups in total. The van der Waals surface area contributed by atoms with Crippen LogP contribution < -0.4 is 4.74 Å². The molecule has 0 aliphatic heterocycles. The number of rotatable bonds is 7. The van der Waals surface area contributed by atoms with E-state index in [4.69, 9.17) is 4.74 Å². The molecule has 1 aromatic carbocycles. The third-order valence-electron chi connectivity index (χ3n) is 3.73. The highest BCUT2D eigenvalue weighted by Gasteiger charge is 2.08. The Balaban J connectivity index is 1.55. The van der Waals surface area contributed by atoms with Crippen molar-refractivity contribution in [1.29, 1.82) is 0 Å². The molecule has 0 saturated heterocycles. The van der Waals surface area contributed by atoms with Crippen LogP contribution in [0.25, 0.3) is 11.0 Å². The molecule has 0 amide bonds. The van der Waals surface area contributed by atoms with Gasteiger partial charge in [0, 0.05) is 19.2 Å². The number of aryl methyl sites for hydroxylation is 2. The Morgan fingerprint density at radius 2 is 1.95 bits per heavy atom. The predicted molar refractivity (Wildman–Crippen MR) is 88.1 cm³/mol. The molecule has 4 heteroatoms. The Morgan fingerprint density at radius 1 is 1.09 bits per heavy atom. The Labute approximate surface area is 130 Å². The number of hydrogen-bond acceptors (Lipinski definition) is 3. The summed E-state index contributed by atoms with van der Waals surface area (Å²) in [4.78, 5) is 8.80. The first-order valence-corrected chi connectivity index (χ1v) is 7.85. The van der Waals surface area contributed by atoms with Gasteiger partial charge in [0.2, 0.25) is 0 Å². The molecule has 0 radical (unpaired) electrons.